The van der Waals surface area contributed by atoms with Crippen LogP contribution >= 0.6 is 12.4 Å². The number of rotatable bonds is 6. The summed E-state index contributed by atoms with van der Waals surface area (Å²) in [5.74, 6) is 0.129. The highest BCUT2D eigenvalue weighted by molar-refractivity contribution is 6.05. The number of hydrogen-bond donors (Lipinski definition) is 1. The number of nitrogens with two attached hydrogens (primary N) is 1. The minimum absolute atomic E-state index is 0. The summed E-state index contributed by atoms with van der Waals surface area (Å²) < 4.78 is 0. The summed E-state index contributed by atoms with van der Waals surface area (Å²) in [6.07, 6.45) is 1.90. The van der Waals surface area contributed by atoms with Gasteiger partial charge in [0, 0.05) is 26.6 Å². The van der Waals surface area contributed by atoms with Gasteiger partial charge in [0.25, 0.3) is 5.91 Å². The molecular formula is C18H28ClN3O2. The number of amides is 2. The van der Waals surface area contributed by atoms with Gasteiger partial charge in [-0.2, -0.15) is 0 Å². The molecule has 2 N–H and O–H groups in total. The van der Waals surface area contributed by atoms with Gasteiger partial charge in [-0.25, -0.2) is 0 Å². The molecule has 0 heterocycles. The molecule has 24 heavy (non-hydrogen) atoms. The van der Waals surface area contributed by atoms with Crippen molar-refractivity contribution in [3.8, 4) is 0 Å². The van der Waals surface area contributed by atoms with Crippen LogP contribution in [0.2, 0.25) is 0 Å². The van der Waals surface area contributed by atoms with Crippen molar-refractivity contribution in [3.05, 3.63) is 29.8 Å². The zero-order valence-corrected chi connectivity index (χ0v) is 15.7. The molecule has 0 unspecified atom stereocenters. The Bertz CT molecular complexity index is 600. The van der Waals surface area contributed by atoms with E-state index in [2.05, 4.69) is 0 Å². The van der Waals surface area contributed by atoms with Gasteiger partial charge in [-0.15, -0.1) is 12.4 Å². The van der Waals surface area contributed by atoms with Crippen molar-refractivity contribution in [2.24, 2.45) is 17.1 Å². The third-order valence-electron chi connectivity index (χ3n) is 4.32. The lowest BCUT2D eigenvalue weighted by atomic mass is 9.93. The van der Waals surface area contributed by atoms with Crippen molar-refractivity contribution >= 4 is 29.9 Å². The molecule has 0 aromatic heterocycles. The summed E-state index contributed by atoms with van der Waals surface area (Å²) in [5.41, 5.74) is 6.84. The van der Waals surface area contributed by atoms with Crippen LogP contribution in [0.3, 0.4) is 0 Å². The summed E-state index contributed by atoms with van der Waals surface area (Å²) in [6.45, 7) is 5.14. The monoisotopic (exact) mass is 353 g/mol. The Morgan fingerprint density at radius 3 is 2.33 bits per heavy atom. The molecule has 0 aliphatic heterocycles. The number of carbonyl (C=O) groups excluding carboxylic acids is 2. The molecule has 5 nitrogen and oxygen atoms in total. The van der Waals surface area contributed by atoms with Crippen LogP contribution in [0.5, 0.6) is 0 Å². The van der Waals surface area contributed by atoms with Crippen molar-refractivity contribution in [1.82, 2.24) is 4.90 Å². The van der Waals surface area contributed by atoms with E-state index in [9.17, 15) is 9.59 Å². The van der Waals surface area contributed by atoms with Gasteiger partial charge in [-0.3, -0.25) is 9.59 Å². The number of hydrogen-bond acceptors (Lipinski definition) is 3. The Morgan fingerprint density at radius 1 is 1.21 bits per heavy atom. The SMILES string of the molecule is CN(CC(C)(C)CN)C(=O)c1ccccc1N(C)C(=O)C1CC1.Cl. The highest BCUT2D eigenvalue weighted by Gasteiger charge is 2.34. The van der Waals surface area contributed by atoms with Crippen LogP contribution in [-0.2, 0) is 4.79 Å². The lowest BCUT2D eigenvalue weighted by Gasteiger charge is -2.30. The van der Waals surface area contributed by atoms with Crippen LogP contribution < -0.4 is 10.6 Å². The molecular weight excluding hydrogens is 326 g/mol. The molecule has 1 fully saturated rings. The summed E-state index contributed by atoms with van der Waals surface area (Å²) in [7, 11) is 3.52. The third-order valence-corrected chi connectivity index (χ3v) is 4.32. The maximum atomic E-state index is 12.8. The predicted molar refractivity (Wildman–Crippen MR) is 99.6 cm³/mol. The van der Waals surface area contributed by atoms with Crippen molar-refractivity contribution in [2.75, 3.05) is 32.1 Å². The van der Waals surface area contributed by atoms with E-state index in [1.54, 1.807) is 30.0 Å². The van der Waals surface area contributed by atoms with Gasteiger partial charge >= 0.3 is 0 Å². The second-order valence-corrected chi connectivity index (χ2v) is 7.22. The molecule has 1 saturated carbocycles. The highest BCUT2D eigenvalue weighted by atomic mass is 35.5. The first-order chi connectivity index (χ1) is 10.8. The molecule has 1 aromatic rings. The third kappa shape index (κ3) is 4.71. The molecule has 0 saturated heterocycles. The quantitative estimate of drug-likeness (QED) is 0.854. The van der Waals surface area contributed by atoms with Gasteiger partial charge in [0.2, 0.25) is 5.91 Å². The molecule has 0 spiro atoms. The Kier molecular flexibility index (Phi) is 6.81. The zero-order chi connectivity index (χ0) is 17.2. The van der Waals surface area contributed by atoms with Gasteiger partial charge in [-0.1, -0.05) is 26.0 Å². The van der Waals surface area contributed by atoms with Crippen molar-refractivity contribution in [3.63, 3.8) is 0 Å². The summed E-state index contributed by atoms with van der Waals surface area (Å²) >= 11 is 0. The number of anilines is 1. The fourth-order valence-corrected chi connectivity index (χ4v) is 2.65. The molecule has 2 rings (SSSR count). The minimum atomic E-state index is -0.144. The van der Waals surface area contributed by atoms with Gasteiger partial charge < -0.3 is 15.5 Å². The Morgan fingerprint density at radius 2 is 1.79 bits per heavy atom. The van der Waals surface area contributed by atoms with Crippen molar-refractivity contribution in [2.45, 2.75) is 26.7 Å². The van der Waals surface area contributed by atoms with Crippen LogP contribution in [0.15, 0.2) is 24.3 Å². The summed E-state index contributed by atoms with van der Waals surface area (Å²) in [4.78, 5) is 28.4. The van der Waals surface area contributed by atoms with Crippen LogP contribution in [-0.4, -0.2) is 43.9 Å². The average molecular weight is 354 g/mol. The average Bonchev–Trinajstić information content (AvgIpc) is 3.37. The number of benzene rings is 1. The Balaban J connectivity index is 0.00000288. The standard InChI is InChI=1S/C18H27N3O2.ClH/c1-18(2,11-19)12-20(3)17(23)14-7-5-6-8-15(14)21(4)16(22)13-9-10-13;/h5-8,13H,9-12,19H2,1-4H3;1H. The molecule has 0 atom stereocenters. The van der Waals surface area contributed by atoms with Crippen LogP contribution in [0.4, 0.5) is 5.69 Å². The Labute approximate surface area is 150 Å². The van der Waals surface area contributed by atoms with E-state index < -0.39 is 0 Å². The molecule has 1 aromatic carbocycles. The fourth-order valence-electron chi connectivity index (χ4n) is 2.65. The van der Waals surface area contributed by atoms with E-state index in [1.165, 1.54) is 0 Å². The first-order valence-electron chi connectivity index (χ1n) is 8.09. The number of para-hydroxylation sites is 1. The maximum Gasteiger partial charge on any atom is 0.255 e. The summed E-state index contributed by atoms with van der Waals surface area (Å²) in [5, 5.41) is 0. The zero-order valence-electron chi connectivity index (χ0n) is 14.9. The largest absolute Gasteiger partial charge is 0.341 e. The molecule has 0 radical (unpaired) electrons. The van der Waals surface area contributed by atoms with Crippen LogP contribution in [0.25, 0.3) is 0 Å². The first kappa shape index (κ1) is 20.5. The first-order valence-corrected chi connectivity index (χ1v) is 8.09. The smallest absolute Gasteiger partial charge is 0.255 e. The van der Waals surface area contributed by atoms with E-state index in [0.29, 0.717) is 24.3 Å². The summed E-state index contributed by atoms with van der Waals surface area (Å²) in [6, 6.07) is 7.29. The van der Waals surface area contributed by atoms with Crippen molar-refractivity contribution in [1.29, 1.82) is 0 Å². The number of halogens is 1. The second-order valence-electron chi connectivity index (χ2n) is 7.22. The molecule has 1 aliphatic rings. The number of nitrogens with zero attached hydrogens (tertiary/aromatic N) is 2. The van der Waals surface area contributed by atoms with Gasteiger partial charge in [0.15, 0.2) is 0 Å². The molecule has 1 aliphatic carbocycles. The van der Waals surface area contributed by atoms with E-state index in [-0.39, 0.29) is 35.6 Å². The second kappa shape index (κ2) is 7.99. The molecule has 2 amide bonds. The lowest BCUT2D eigenvalue weighted by molar-refractivity contribution is -0.119. The molecule has 134 valence electrons. The molecule has 6 heteroatoms. The predicted octanol–water partition coefficient (Wildman–Crippen LogP) is 2.54. The van der Waals surface area contributed by atoms with Gasteiger partial charge in [-0.05, 0) is 36.9 Å². The van der Waals surface area contributed by atoms with E-state index in [0.717, 1.165) is 12.8 Å². The normalized spacial score (nSPS) is 13.9. The Hall–Kier alpha value is -1.59. The van der Waals surface area contributed by atoms with E-state index in [4.69, 9.17) is 5.73 Å². The van der Waals surface area contributed by atoms with Gasteiger partial charge in [0.1, 0.15) is 0 Å². The molecule has 0 bridgehead atoms. The van der Waals surface area contributed by atoms with Crippen molar-refractivity contribution < 1.29 is 9.59 Å². The van der Waals surface area contributed by atoms with Gasteiger partial charge in [0.05, 0.1) is 11.3 Å². The van der Waals surface area contributed by atoms with E-state index in [1.807, 2.05) is 32.0 Å². The van der Waals surface area contributed by atoms with E-state index >= 15 is 0 Å². The fraction of sp³-hybridized carbons (Fsp3) is 0.556. The highest BCUT2D eigenvalue weighted by Crippen LogP contribution is 2.33. The van der Waals surface area contributed by atoms with Crippen LogP contribution in [0, 0.1) is 11.3 Å². The van der Waals surface area contributed by atoms with Crippen LogP contribution in [0.1, 0.15) is 37.0 Å². The lowest BCUT2D eigenvalue weighted by Crippen LogP contribution is -2.40. The minimum Gasteiger partial charge on any atom is -0.341 e. The number of carbonyl (C=O) groups is 2. The maximum absolute atomic E-state index is 12.8. The topological polar surface area (TPSA) is 66.6 Å².